The maximum absolute atomic E-state index is 13.2. The maximum Gasteiger partial charge on any atom is 0.243 e. The van der Waals surface area contributed by atoms with E-state index in [1.165, 1.54) is 16.8 Å². The van der Waals surface area contributed by atoms with Gasteiger partial charge in [0, 0.05) is 49.8 Å². The van der Waals surface area contributed by atoms with Gasteiger partial charge in [-0.1, -0.05) is 18.6 Å². The Morgan fingerprint density at radius 3 is 2.41 bits per heavy atom. The quantitative estimate of drug-likeness (QED) is 0.542. The van der Waals surface area contributed by atoms with Crippen molar-refractivity contribution in [2.24, 2.45) is 0 Å². The molecule has 180 valence electrons. The smallest absolute Gasteiger partial charge is 0.243 e. The van der Waals surface area contributed by atoms with E-state index in [2.05, 4.69) is 41.8 Å². The van der Waals surface area contributed by atoms with E-state index in [0.717, 1.165) is 62.2 Å². The number of nitrogens with zero attached hydrogens (tertiary/aromatic N) is 4. The molecule has 1 unspecified atom stereocenters. The molecular weight excluding hydrogens is 444 g/mol. The van der Waals surface area contributed by atoms with Crippen molar-refractivity contribution in [1.29, 1.82) is 0 Å². The van der Waals surface area contributed by atoms with Crippen LogP contribution in [0.5, 0.6) is 0 Å². The van der Waals surface area contributed by atoms with Gasteiger partial charge in [0.15, 0.2) is 0 Å². The van der Waals surface area contributed by atoms with Gasteiger partial charge in [0.1, 0.15) is 5.82 Å². The number of fused-ring (bicyclic) bond motifs is 1. The van der Waals surface area contributed by atoms with Crippen LogP contribution in [0.4, 0.5) is 11.5 Å². The van der Waals surface area contributed by atoms with Crippen LogP contribution in [0.3, 0.4) is 0 Å². The van der Waals surface area contributed by atoms with Crippen LogP contribution in [0.15, 0.2) is 53.4 Å². The zero-order chi connectivity index (χ0) is 23.9. The molecule has 0 saturated carbocycles. The van der Waals surface area contributed by atoms with Crippen molar-refractivity contribution >= 4 is 32.4 Å². The van der Waals surface area contributed by atoms with Gasteiger partial charge >= 0.3 is 0 Å². The van der Waals surface area contributed by atoms with Crippen LogP contribution < -0.4 is 9.80 Å². The summed E-state index contributed by atoms with van der Waals surface area (Å²) in [5.74, 6) is 0.952. The van der Waals surface area contributed by atoms with Gasteiger partial charge in [0.05, 0.1) is 10.4 Å². The molecule has 1 atom stereocenters. The van der Waals surface area contributed by atoms with E-state index in [9.17, 15) is 8.42 Å². The average molecular weight is 479 g/mol. The Hall–Kier alpha value is -2.64. The highest BCUT2D eigenvalue weighted by molar-refractivity contribution is 7.89. The fraction of sp³-hybridized carbons (Fsp3) is 0.444. The molecule has 0 spiro atoms. The lowest BCUT2D eigenvalue weighted by Crippen LogP contribution is -2.47. The number of benzene rings is 2. The fourth-order valence-corrected chi connectivity index (χ4v) is 6.98. The van der Waals surface area contributed by atoms with Gasteiger partial charge in [-0.2, -0.15) is 4.31 Å². The zero-order valence-electron chi connectivity index (χ0n) is 20.4. The Labute approximate surface area is 203 Å². The molecule has 0 N–H and O–H groups in total. The van der Waals surface area contributed by atoms with Gasteiger partial charge in [0.2, 0.25) is 10.0 Å². The lowest BCUT2D eigenvalue weighted by molar-refractivity contribution is 0.268. The molecule has 0 bridgehead atoms. The molecule has 2 fully saturated rings. The first-order valence-corrected chi connectivity index (χ1v) is 13.8. The highest BCUT2D eigenvalue weighted by Crippen LogP contribution is 2.29. The van der Waals surface area contributed by atoms with Crippen LogP contribution in [0.1, 0.15) is 37.3 Å². The summed E-state index contributed by atoms with van der Waals surface area (Å²) in [5, 5.41) is 0.864. The number of pyridine rings is 1. The van der Waals surface area contributed by atoms with Crippen LogP contribution in [0, 0.1) is 13.8 Å². The lowest BCUT2D eigenvalue weighted by Gasteiger charge is -2.37. The van der Waals surface area contributed by atoms with E-state index < -0.39 is 10.0 Å². The van der Waals surface area contributed by atoms with Crippen molar-refractivity contribution in [2.45, 2.75) is 51.0 Å². The van der Waals surface area contributed by atoms with Crippen molar-refractivity contribution in [3.05, 3.63) is 59.7 Å². The van der Waals surface area contributed by atoms with Crippen molar-refractivity contribution < 1.29 is 8.42 Å². The second-order valence-corrected chi connectivity index (χ2v) is 11.6. The van der Waals surface area contributed by atoms with Crippen molar-refractivity contribution in [2.75, 3.05) is 42.5 Å². The molecule has 1 aromatic heterocycles. The summed E-state index contributed by atoms with van der Waals surface area (Å²) in [7, 11) is -3.48. The zero-order valence-corrected chi connectivity index (χ0v) is 21.2. The van der Waals surface area contributed by atoms with Crippen LogP contribution >= 0.6 is 0 Å². The minimum atomic E-state index is -3.48. The number of hydrogen-bond donors (Lipinski definition) is 0. The molecule has 0 radical (unpaired) electrons. The van der Waals surface area contributed by atoms with E-state index in [1.54, 1.807) is 16.4 Å². The van der Waals surface area contributed by atoms with E-state index >= 15 is 0 Å². The van der Waals surface area contributed by atoms with Crippen molar-refractivity contribution in [3.63, 3.8) is 0 Å². The minimum Gasteiger partial charge on any atom is -0.368 e. The van der Waals surface area contributed by atoms with E-state index in [0.29, 0.717) is 11.4 Å². The third-order valence-corrected chi connectivity index (χ3v) is 9.52. The Balaban J connectivity index is 1.33. The predicted molar refractivity (Wildman–Crippen MR) is 139 cm³/mol. The number of sulfonamides is 1. The highest BCUT2D eigenvalue weighted by atomic mass is 32.2. The molecule has 2 aromatic carbocycles. The molecule has 2 saturated heterocycles. The summed E-state index contributed by atoms with van der Waals surface area (Å²) < 4.78 is 28.1. The number of piperazine rings is 1. The SMILES string of the molecule is Cc1cccc(N2CCN(c3ccc4cc(S(=O)(=O)N5CCCCC5C)ccc4n3)CC2)c1C. The topological polar surface area (TPSA) is 56.8 Å². The number of rotatable bonds is 4. The number of aryl methyl sites for hydroxylation is 1. The molecule has 7 heteroatoms. The van der Waals surface area contributed by atoms with Crippen LogP contribution in [-0.4, -0.2) is 56.5 Å². The minimum absolute atomic E-state index is 0.0530. The summed E-state index contributed by atoms with van der Waals surface area (Å²) >= 11 is 0. The second kappa shape index (κ2) is 9.19. The first kappa shape index (κ1) is 23.1. The van der Waals surface area contributed by atoms with Gasteiger partial charge in [-0.15, -0.1) is 0 Å². The molecule has 5 rings (SSSR count). The van der Waals surface area contributed by atoms with Gasteiger partial charge in [0.25, 0.3) is 0 Å². The molecule has 0 amide bonds. The number of piperidine rings is 1. The van der Waals surface area contributed by atoms with Crippen LogP contribution in [0.2, 0.25) is 0 Å². The largest absolute Gasteiger partial charge is 0.368 e. The summed E-state index contributed by atoms with van der Waals surface area (Å²) in [6.45, 7) is 10.7. The van der Waals surface area contributed by atoms with Crippen molar-refractivity contribution in [3.8, 4) is 0 Å². The predicted octanol–water partition coefficient (Wildman–Crippen LogP) is 4.74. The molecule has 6 nitrogen and oxygen atoms in total. The fourth-order valence-electron chi connectivity index (χ4n) is 5.25. The Bertz CT molecular complexity index is 1300. The molecular formula is C27H34N4O2S. The lowest BCUT2D eigenvalue weighted by atomic mass is 10.1. The van der Waals surface area contributed by atoms with Crippen LogP contribution in [-0.2, 0) is 10.0 Å². The number of hydrogen-bond acceptors (Lipinski definition) is 5. The molecule has 2 aliphatic rings. The summed E-state index contributed by atoms with van der Waals surface area (Å²) in [6, 6.07) is 15.9. The van der Waals surface area contributed by atoms with Crippen molar-refractivity contribution in [1.82, 2.24) is 9.29 Å². The van der Waals surface area contributed by atoms with Gasteiger partial charge < -0.3 is 9.80 Å². The normalized spacial score (nSPS) is 20.1. The van der Waals surface area contributed by atoms with E-state index in [1.807, 2.05) is 25.1 Å². The average Bonchev–Trinajstić information content (AvgIpc) is 2.85. The summed E-state index contributed by atoms with van der Waals surface area (Å²) in [5.41, 5.74) is 4.83. The number of aromatic nitrogens is 1. The first-order valence-electron chi connectivity index (χ1n) is 12.3. The van der Waals surface area contributed by atoms with Gasteiger partial charge in [-0.05, 0) is 81.1 Å². The van der Waals surface area contributed by atoms with Crippen LogP contribution in [0.25, 0.3) is 10.9 Å². The molecule has 3 heterocycles. The first-order chi connectivity index (χ1) is 16.3. The molecule has 2 aliphatic heterocycles. The monoisotopic (exact) mass is 478 g/mol. The maximum atomic E-state index is 13.2. The third-order valence-electron chi connectivity index (χ3n) is 7.51. The standard InChI is InChI=1S/C27H34N4O2S/c1-20-7-6-9-26(22(20)3)29-15-17-30(18-16-29)27-13-10-23-19-24(11-12-25(23)28-27)34(32,33)31-14-5-4-8-21(31)2/h6-7,9-13,19,21H,4-5,8,14-18H2,1-3H3. The Morgan fingerprint density at radius 2 is 1.65 bits per heavy atom. The van der Waals surface area contributed by atoms with E-state index in [-0.39, 0.29) is 6.04 Å². The van der Waals surface area contributed by atoms with E-state index in [4.69, 9.17) is 4.98 Å². The van der Waals surface area contributed by atoms with Gasteiger partial charge in [-0.3, -0.25) is 0 Å². The number of anilines is 2. The third kappa shape index (κ3) is 4.27. The Morgan fingerprint density at radius 1 is 0.882 bits per heavy atom. The summed E-state index contributed by atoms with van der Waals surface area (Å²) in [4.78, 5) is 10.0. The van der Waals surface area contributed by atoms with Gasteiger partial charge in [-0.25, -0.2) is 13.4 Å². The Kier molecular flexibility index (Phi) is 6.25. The molecule has 0 aliphatic carbocycles. The summed E-state index contributed by atoms with van der Waals surface area (Å²) in [6.07, 6.45) is 2.95. The molecule has 34 heavy (non-hydrogen) atoms. The molecule has 3 aromatic rings. The second-order valence-electron chi connectivity index (χ2n) is 9.68. The highest BCUT2D eigenvalue weighted by Gasteiger charge is 2.31.